The fraction of sp³-hybridized carbons (Fsp3) is 0.0833. The van der Waals surface area contributed by atoms with Gasteiger partial charge in [-0.05, 0) is 87.3 Å². The molecule has 2 aromatic heterocycles. The van der Waals surface area contributed by atoms with Crippen LogP contribution in [-0.2, 0) is 41.2 Å². The van der Waals surface area contributed by atoms with Crippen LogP contribution in [0.5, 0.6) is 11.5 Å². The molecule has 9 aromatic rings. The zero-order valence-electron chi connectivity index (χ0n) is 38.7. The van der Waals surface area contributed by atoms with E-state index in [1.807, 2.05) is 73.8 Å². The molecular formula is C60H46IrN8OPt-8. The van der Waals surface area contributed by atoms with E-state index in [1.165, 1.54) is 22.7 Å². The molecule has 9 nitrogen and oxygen atoms in total. The molecule has 0 spiro atoms. The van der Waals surface area contributed by atoms with Crippen molar-refractivity contribution in [3.05, 3.63) is 245 Å². The predicted octanol–water partition coefficient (Wildman–Crippen LogP) is 13.6. The normalized spacial score (nSPS) is 13.1. The minimum Gasteiger partial charge on any atom is -0.510 e. The van der Waals surface area contributed by atoms with Crippen LogP contribution in [0, 0.1) is 50.3 Å². The first-order valence-electron chi connectivity index (χ1n) is 23.0. The number of nitrogens with zero attached hydrogens (tertiary/aromatic N) is 8. The summed E-state index contributed by atoms with van der Waals surface area (Å²) < 4.78 is 6.27. The first kappa shape index (κ1) is 48.8. The van der Waals surface area contributed by atoms with E-state index in [9.17, 15) is 0 Å². The van der Waals surface area contributed by atoms with Crippen molar-refractivity contribution in [1.29, 1.82) is 0 Å². The van der Waals surface area contributed by atoms with Crippen molar-refractivity contribution in [2.24, 2.45) is 0 Å². The van der Waals surface area contributed by atoms with Crippen LogP contribution in [0.15, 0.2) is 194 Å². The third kappa shape index (κ3) is 10.8. The molecule has 12 rings (SSSR count). The molecule has 0 fully saturated rings. The molecule has 0 atom stereocenters. The van der Waals surface area contributed by atoms with Crippen LogP contribution in [0.1, 0.15) is 12.8 Å². The zero-order chi connectivity index (χ0) is 46.4. The first-order chi connectivity index (χ1) is 34.1. The van der Waals surface area contributed by atoms with Crippen molar-refractivity contribution in [1.82, 2.24) is 9.97 Å². The summed E-state index contributed by atoms with van der Waals surface area (Å²) >= 11 is 0. The summed E-state index contributed by atoms with van der Waals surface area (Å²) in [5, 5.41) is 0. The number of unbranched alkanes of at least 4 members (excludes halogenated alkanes) is 1. The number of hydrogen-bond donors (Lipinski definition) is 0. The van der Waals surface area contributed by atoms with Gasteiger partial charge in [0, 0.05) is 86.8 Å². The van der Waals surface area contributed by atoms with Crippen LogP contribution in [0.2, 0.25) is 0 Å². The molecule has 5 heterocycles. The summed E-state index contributed by atoms with van der Waals surface area (Å²) in [6, 6.07) is 78.0. The van der Waals surface area contributed by atoms with E-state index in [4.69, 9.17) is 4.74 Å². The maximum atomic E-state index is 6.27. The van der Waals surface area contributed by atoms with Crippen LogP contribution in [-0.4, -0.2) is 30.1 Å². The second-order valence-electron chi connectivity index (χ2n) is 16.6. The molecule has 359 valence electrons. The maximum absolute atomic E-state index is 6.27. The van der Waals surface area contributed by atoms with Gasteiger partial charge in [-0.15, -0.1) is 64.3 Å². The zero-order valence-corrected chi connectivity index (χ0v) is 43.3. The van der Waals surface area contributed by atoms with Crippen LogP contribution in [0.4, 0.5) is 51.2 Å². The van der Waals surface area contributed by atoms with Crippen molar-refractivity contribution in [3.63, 3.8) is 0 Å². The number of para-hydroxylation sites is 8. The van der Waals surface area contributed by atoms with Crippen molar-refractivity contribution >= 4 is 51.2 Å². The first-order valence-corrected chi connectivity index (χ1v) is 23.0. The molecule has 0 aliphatic carbocycles. The number of benzene rings is 7. The van der Waals surface area contributed by atoms with E-state index in [0.717, 1.165) is 65.5 Å². The Balaban J connectivity index is 0.000000171. The average molecular weight is 1280 g/mol. The summed E-state index contributed by atoms with van der Waals surface area (Å²) in [5.41, 5.74) is 13.5. The second kappa shape index (κ2) is 22.7. The van der Waals surface area contributed by atoms with Gasteiger partial charge < -0.3 is 44.1 Å². The molecule has 0 amide bonds. The van der Waals surface area contributed by atoms with Crippen LogP contribution in [0.25, 0.3) is 22.5 Å². The molecule has 1 radical (unpaired) electrons. The van der Waals surface area contributed by atoms with Crippen molar-refractivity contribution < 1.29 is 45.9 Å². The molecular weight excluding hydrogens is 1240 g/mol. The number of anilines is 9. The number of rotatable bonds is 12. The summed E-state index contributed by atoms with van der Waals surface area (Å²) in [6.45, 7) is 8.43. The van der Waals surface area contributed by atoms with Crippen molar-refractivity contribution in [2.45, 2.75) is 12.8 Å². The summed E-state index contributed by atoms with van der Waals surface area (Å²) in [4.78, 5) is 22.1. The van der Waals surface area contributed by atoms with E-state index >= 15 is 0 Å². The Bertz CT molecular complexity index is 3050. The van der Waals surface area contributed by atoms with Gasteiger partial charge in [0.1, 0.15) is 0 Å². The second-order valence-corrected chi connectivity index (χ2v) is 16.6. The van der Waals surface area contributed by atoms with Crippen LogP contribution in [0.3, 0.4) is 0 Å². The molecule has 0 saturated carbocycles. The summed E-state index contributed by atoms with van der Waals surface area (Å²) in [5.74, 6) is 1.12. The van der Waals surface area contributed by atoms with Crippen molar-refractivity contribution in [3.8, 4) is 34.0 Å². The standard InChI is InChI=1S/C30H20N4O.C30H26N4.Ir.Pt/c1-33-21-34(30-13-6-5-12-29(30)33)24-17-23(22-9-3-2-4-10-22)18-26(19-24)35-25-14-16-32-28(20-25)27-11-7-8-15-31-27;1-3-13-25(14-4-1)33-23-31(27-17-7-9-19-29(27)33)21-11-12-22-32-24-34(26-15-5-2-6-16-26)30-20-10-8-18-28(30)32;;/h2-10,12-18,21H,1H3;1-10,13,15,17-20,23-24H,11-12,21-22H2;;/q2*-4;;. The van der Waals surface area contributed by atoms with Gasteiger partial charge in [-0.3, -0.25) is 0 Å². The number of hydrogen-bond acceptors (Lipinski definition) is 9. The molecule has 71 heavy (non-hydrogen) atoms. The Hall–Kier alpha value is -7.22. The van der Waals surface area contributed by atoms with E-state index in [-0.39, 0.29) is 41.2 Å². The van der Waals surface area contributed by atoms with Gasteiger partial charge in [0.15, 0.2) is 0 Å². The predicted molar refractivity (Wildman–Crippen MR) is 277 cm³/mol. The van der Waals surface area contributed by atoms with E-state index in [0.29, 0.717) is 22.9 Å². The SMILES string of the molecule is CN1[CH-]N(c2[c-]c(Oc3[c-]c(-c4[c-]cccn4)ncc3)cc(-c3ccccc3)c2)c2ccccc21.[Ir].[Pt].[c-]1ccccc1N1[CH-]N(CCCCN2[CH-]N(c3[c-]cccc3)c3ccccc32)c2ccccc21. The monoisotopic (exact) mass is 1280 g/mol. The minimum absolute atomic E-state index is 0. The van der Waals surface area contributed by atoms with E-state index in [1.54, 1.807) is 24.5 Å². The molecule has 3 aliphatic rings. The Labute approximate surface area is 445 Å². The van der Waals surface area contributed by atoms with E-state index < -0.39 is 0 Å². The Morgan fingerprint density at radius 2 is 0.972 bits per heavy atom. The van der Waals surface area contributed by atoms with Crippen molar-refractivity contribution in [2.75, 3.05) is 49.5 Å². The van der Waals surface area contributed by atoms with Crippen LogP contribution >= 0.6 is 0 Å². The van der Waals surface area contributed by atoms with Gasteiger partial charge in [-0.25, -0.2) is 6.07 Å². The van der Waals surface area contributed by atoms with Gasteiger partial charge in [0.25, 0.3) is 0 Å². The number of ether oxygens (including phenoxy) is 1. The quantitative estimate of drug-likeness (QED) is 0.0879. The molecule has 0 bridgehead atoms. The summed E-state index contributed by atoms with van der Waals surface area (Å²) in [7, 11) is 2.04. The molecule has 11 heteroatoms. The fourth-order valence-corrected chi connectivity index (χ4v) is 8.81. The number of pyridine rings is 2. The van der Waals surface area contributed by atoms with Gasteiger partial charge in [-0.2, -0.15) is 92.8 Å². The smallest absolute Gasteiger partial charge is 0.0326 e. The number of aromatic nitrogens is 2. The maximum Gasteiger partial charge on any atom is 0.0326 e. The molecule has 0 N–H and O–H groups in total. The van der Waals surface area contributed by atoms with E-state index in [2.05, 4.69) is 193 Å². The fourth-order valence-electron chi connectivity index (χ4n) is 8.81. The largest absolute Gasteiger partial charge is 0.510 e. The van der Waals surface area contributed by atoms with Crippen LogP contribution < -0.4 is 34.1 Å². The van der Waals surface area contributed by atoms with Gasteiger partial charge in [0.2, 0.25) is 0 Å². The summed E-state index contributed by atoms with van der Waals surface area (Å²) in [6.07, 6.45) is 5.59. The topological polar surface area (TPSA) is 54.5 Å². The van der Waals surface area contributed by atoms with Gasteiger partial charge >= 0.3 is 0 Å². The molecule has 0 unspecified atom stereocenters. The molecule has 7 aromatic carbocycles. The Morgan fingerprint density at radius 1 is 0.451 bits per heavy atom. The third-order valence-electron chi connectivity index (χ3n) is 12.1. The minimum atomic E-state index is 0. The third-order valence-corrected chi connectivity index (χ3v) is 12.1. The van der Waals surface area contributed by atoms with Gasteiger partial charge in [0.05, 0.1) is 0 Å². The van der Waals surface area contributed by atoms with Gasteiger partial charge in [-0.1, -0.05) is 66.7 Å². The Morgan fingerprint density at radius 3 is 1.55 bits per heavy atom. The molecule has 3 aliphatic heterocycles. The Kier molecular flexibility index (Phi) is 15.6. The number of fused-ring (bicyclic) bond motifs is 3. The average Bonchev–Trinajstić information content (AvgIpc) is 4.10. The molecule has 0 saturated heterocycles.